The molecule has 2 heteroatoms. The van der Waals surface area contributed by atoms with Crippen LogP contribution in [-0.4, -0.2) is 11.9 Å². The van der Waals surface area contributed by atoms with Gasteiger partial charge in [-0.15, -0.1) is 0 Å². The van der Waals surface area contributed by atoms with Crippen molar-refractivity contribution in [1.82, 2.24) is 4.90 Å². The smallest absolute Gasteiger partial charge is 0.0423 e. The Kier molecular flexibility index (Phi) is 3.38. The van der Waals surface area contributed by atoms with Gasteiger partial charge in [-0.2, -0.15) is 0 Å². The summed E-state index contributed by atoms with van der Waals surface area (Å²) in [6, 6.07) is 5.94. The number of hydrogen-bond acceptors (Lipinski definition) is 1. The first-order valence-electron chi connectivity index (χ1n) is 4.21. The standard InChI is InChI=1S/C11H14ClN/c1-4-13(3)8-10-7-11(12)6-5-9(10)2/h4-7H,1,8H2,2-3H3. The predicted octanol–water partition coefficient (Wildman–Crippen LogP) is 3.22. The molecule has 1 aromatic rings. The second kappa shape index (κ2) is 4.33. The molecule has 0 radical (unpaired) electrons. The molecule has 1 nitrogen and oxygen atoms in total. The summed E-state index contributed by atoms with van der Waals surface area (Å²) in [6.45, 7) is 6.64. The van der Waals surface area contributed by atoms with Gasteiger partial charge in [-0.3, -0.25) is 0 Å². The van der Waals surface area contributed by atoms with E-state index in [1.807, 2.05) is 30.1 Å². The highest BCUT2D eigenvalue weighted by Crippen LogP contribution is 2.16. The molecule has 0 spiro atoms. The molecule has 0 aliphatic heterocycles. The quantitative estimate of drug-likeness (QED) is 0.716. The number of benzene rings is 1. The van der Waals surface area contributed by atoms with Gasteiger partial charge in [0.2, 0.25) is 0 Å². The van der Waals surface area contributed by atoms with Gasteiger partial charge < -0.3 is 4.90 Å². The molecule has 0 atom stereocenters. The van der Waals surface area contributed by atoms with E-state index in [1.165, 1.54) is 11.1 Å². The number of aryl methyl sites for hydroxylation is 1. The maximum absolute atomic E-state index is 5.90. The van der Waals surface area contributed by atoms with Crippen molar-refractivity contribution in [3.8, 4) is 0 Å². The Morgan fingerprint density at radius 1 is 1.54 bits per heavy atom. The van der Waals surface area contributed by atoms with Crippen molar-refractivity contribution >= 4 is 11.6 Å². The molecule has 13 heavy (non-hydrogen) atoms. The normalized spacial score (nSPS) is 9.77. The molecule has 1 aromatic carbocycles. The number of rotatable bonds is 3. The van der Waals surface area contributed by atoms with Gasteiger partial charge in [0.1, 0.15) is 0 Å². The van der Waals surface area contributed by atoms with Crippen LogP contribution in [-0.2, 0) is 6.54 Å². The minimum atomic E-state index is 0.790. The summed E-state index contributed by atoms with van der Waals surface area (Å²) in [4.78, 5) is 2.03. The molecule has 0 bridgehead atoms. The van der Waals surface area contributed by atoms with Crippen molar-refractivity contribution in [3.05, 3.63) is 47.1 Å². The monoisotopic (exact) mass is 195 g/mol. The van der Waals surface area contributed by atoms with E-state index in [0.717, 1.165) is 11.6 Å². The van der Waals surface area contributed by atoms with Crippen LogP contribution in [0.15, 0.2) is 31.0 Å². The van der Waals surface area contributed by atoms with Gasteiger partial charge in [0.15, 0.2) is 0 Å². The third-order valence-corrected chi connectivity index (χ3v) is 2.28. The lowest BCUT2D eigenvalue weighted by atomic mass is 10.1. The van der Waals surface area contributed by atoms with E-state index >= 15 is 0 Å². The summed E-state index contributed by atoms with van der Waals surface area (Å²) < 4.78 is 0. The Morgan fingerprint density at radius 3 is 2.85 bits per heavy atom. The van der Waals surface area contributed by atoms with Crippen LogP contribution in [0, 0.1) is 6.92 Å². The lowest BCUT2D eigenvalue weighted by Gasteiger charge is -2.15. The molecule has 0 heterocycles. The molecule has 0 aliphatic rings. The molecule has 0 saturated heterocycles. The molecule has 0 saturated carbocycles. The van der Waals surface area contributed by atoms with E-state index in [1.54, 1.807) is 6.20 Å². The second-order valence-electron chi connectivity index (χ2n) is 3.17. The van der Waals surface area contributed by atoms with Gasteiger partial charge in [0.25, 0.3) is 0 Å². The van der Waals surface area contributed by atoms with Gasteiger partial charge in [-0.25, -0.2) is 0 Å². The summed E-state index contributed by atoms with van der Waals surface area (Å²) in [5, 5.41) is 0.790. The Bertz CT molecular complexity index is 307. The number of halogens is 1. The lowest BCUT2D eigenvalue weighted by Crippen LogP contribution is -2.10. The lowest BCUT2D eigenvalue weighted by molar-refractivity contribution is 0.451. The maximum atomic E-state index is 5.90. The first-order valence-corrected chi connectivity index (χ1v) is 4.59. The molecule has 0 aliphatic carbocycles. The fourth-order valence-corrected chi connectivity index (χ4v) is 1.34. The van der Waals surface area contributed by atoms with Crippen molar-refractivity contribution in [1.29, 1.82) is 0 Å². The first kappa shape index (κ1) is 10.1. The van der Waals surface area contributed by atoms with Crippen molar-refractivity contribution in [2.75, 3.05) is 7.05 Å². The molecule has 0 aromatic heterocycles. The highest BCUT2D eigenvalue weighted by molar-refractivity contribution is 6.30. The average molecular weight is 196 g/mol. The Morgan fingerprint density at radius 2 is 2.23 bits per heavy atom. The molecule has 0 amide bonds. The van der Waals surface area contributed by atoms with Crippen LogP contribution in [0.5, 0.6) is 0 Å². The second-order valence-corrected chi connectivity index (χ2v) is 3.60. The predicted molar refractivity (Wildman–Crippen MR) is 57.9 cm³/mol. The Hall–Kier alpha value is -0.950. The molecule has 1 rings (SSSR count). The van der Waals surface area contributed by atoms with Crippen LogP contribution in [0.2, 0.25) is 5.02 Å². The van der Waals surface area contributed by atoms with E-state index in [-0.39, 0.29) is 0 Å². The van der Waals surface area contributed by atoms with Gasteiger partial charge in [0, 0.05) is 18.6 Å². The highest BCUT2D eigenvalue weighted by Gasteiger charge is 2.00. The van der Waals surface area contributed by atoms with Crippen LogP contribution in [0.4, 0.5) is 0 Å². The molecule has 0 fully saturated rings. The van der Waals surface area contributed by atoms with E-state index in [2.05, 4.69) is 13.5 Å². The summed E-state index contributed by atoms with van der Waals surface area (Å²) >= 11 is 5.90. The number of nitrogens with zero attached hydrogens (tertiary/aromatic N) is 1. The van der Waals surface area contributed by atoms with Gasteiger partial charge >= 0.3 is 0 Å². The molecule has 0 N–H and O–H groups in total. The SMILES string of the molecule is C=CN(C)Cc1cc(Cl)ccc1C. The van der Waals surface area contributed by atoms with E-state index in [9.17, 15) is 0 Å². The highest BCUT2D eigenvalue weighted by atomic mass is 35.5. The van der Waals surface area contributed by atoms with Crippen molar-refractivity contribution in [2.45, 2.75) is 13.5 Å². The minimum Gasteiger partial charge on any atom is -0.377 e. The van der Waals surface area contributed by atoms with Crippen molar-refractivity contribution in [3.63, 3.8) is 0 Å². The van der Waals surface area contributed by atoms with Crippen molar-refractivity contribution < 1.29 is 0 Å². The van der Waals surface area contributed by atoms with Crippen LogP contribution in [0.25, 0.3) is 0 Å². The minimum absolute atomic E-state index is 0.790. The summed E-state index contributed by atoms with van der Waals surface area (Å²) in [7, 11) is 1.99. The van der Waals surface area contributed by atoms with E-state index < -0.39 is 0 Å². The van der Waals surface area contributed by atoms with Crippen LogP contribution in [0.3, 0.4) is 0 Å². The zero-order chi connectivity index (χ0) is 9.84. The zero-order valence-corrected chi connectivity index (χ0v) is 8.80. The third-order valence-electron chi connectivity index (χ3n) is 2.04. The fourth-order valence-electron chi connectivity index (χ4n) is 1.14. The third kappa shape index (κ3) is 2.78. The van der Waals surface area contributed by atoms with Gasteiger partial charge in [-0.1, -0.05) is 24.2 Å². The van der Waals surface area contributed by atoms with E-state index in [4.69, 9.17) is 11.6 Å². The molecular formula is C11H14ClN. The topological polar surface area (TPSA) is 3.24 Å². The zero-order valence-electron chi connectivity index (χ0n) is 8.05. The van der Waals surface area contributed by atoms with Crippen molar-refractivity contribution in [2.24, 2.45) is 0 Å². The maximum Gasteiger partial charge on any atom is 0.0423 e. The Balaban J connectivity index is 2.86. The van der Waals surface area contributed by atoms with Crippen LogP contribution in [0.1, 0.15) is 11.1 Å². The van der Waals surface area contributed by atoms with Gasteiger partial charge in [0.05, 0.1) is 0 Å². The number of hydrogen-bond donors (Lipinski definition) is 0. The summed E-state index contributed by atoms with van der Waals surface area (Å²) in [6.07, 6.45) is 1.81. The fraction of sp³-hybridized carbons (Fsp3) is 0.273. The Labute approximate surface area is 84.6 Å². The van der Waals surface area contributed by atoms with Crippen LogP contribution >= 0.6 is 11.6 Å². The average Bonchev–Trinajstić information content (AvgIpc) is 2.11. The largest absolute Gasteiger partial charge is 0.377 e. The molecule has 70 valence electrons. The van der Waals surface area contributed by atoms with E-state index in [0.29, 0.717) is 0 Å². The van der Waals surface area contributed by atoms with Gasteiger partial charge in [-0.05, 0) is 36.4 Å². The first-order chi connectivity index (χ1) is 6.13. The molecular weight excluding hydrogens is 182 g/mol. The summed E-state index contributed by atoms with van der Waals surface area (Å²) in [5.41, 5.74) is 2.51. The molecule has 0 unspecified atom stereocenters. The summed E-state index contributed by atoms with van der Waals surface area (Å²) in [5.74, 6) is 0. The van der Waals surface area contributed by atoms with Crippen LogP contribution < -0.4 is 0 Å².